The van der Waals surface area contributed by atoms with Crippen molar-refractivity contribution >= 4 is 38.5 Å². The zero-order valence-electron chi connectivity index (χ0n) is 10.3. The van der Waals surface area contributed by atoms with Gasteiger partial charge in [0.25, 0.3) is 0 Å². The number of hydrogen-bond donors (Lipinski definition) is 1. The smallest absolute Gasteiger partial charge is 0.158 e. The van der Waals surface area contributed by atoms with Crippen molar-refractivity contribution in [1.82, 2.24) is 15.0 Å². The van der Waals surface area contributed by atoms with E-state index >= 15 is 0 Å². The Labute approximate surface area is 119 Å². The highest BCUT2D eigenvalue weighted by atomic mass is 79.9. The van der Waals surface area contributed by atoms with Gasteiger partial charge in [-0.1, -0.05) is 22.0 Å². The van der Waals surface area contributed by atoms with Crippen molar-refractivity contribution in [3.63, 3.8) is 0 Å². The predicted octanol–water partition coefficient (Wildman–Crippen LogP) is 3.84. The molecule has 0 saturated carbocycles. The van der Waals surface area contributed by atoms with E-state index in [4.69, 9.17) is 0 Å². The van der Waals surface area contributed by atoms with Crippen LogP contribution in [-0.2, 0) is 0 Å². The number of fused-ring (bicyclic) bond motifs is 1. The average molecular weight is 315 g/mol. The van der Waals surface area contributed by atoms with Gasteiger partial charge in [0.2, 0.25) is 0 Å². The molecule has 19 heavy (non-hydrogen) atoms. The molecular formula is C14H11BrN4. The molecule has 0 radical (unpaired) electrons. The third-order valence-electron chi connectivity index (χ3n) is 2.91. The molecule has 0 fully saturated rings. The van der Waals surface area contributed by atoms with E-state index in [0.717, 1.165) is 26.8 Å². The number of rotatable bonds is 2. The van der Waals surface area contributed by atoms with E-state index in [1.807, 2.05) is 31.2 Å². The molecule has 0 saturated heterocycles. The molecule has 3 rings (SSSR count). The highest BCUT2D eigenvalue weighted by Gasteiger charge is 2.07. The van der Waals surface area contributed by atoms with Crippen LogP contribution in [0, 0.1) is 6.92 Å². The van der Waals surface area contributed by atoms with Crippen LogP contribution in [0.5, 0.6) is 0 Å². The van der Waals surface area contributed by atoms with Gasteiger partial charge in [0.15, 0.2) is 5.82 Å². The summed E-state index contributed by atoms with van der Waals surface area (Å²) >= 11 is 3.52. The number of pyridine rings is 1. The Hall–Kier alpha value is -2.01. The standard InChI is InChI=1S/C14H11BrN4/c1-9-10(15)3-2-4-11(9)19-14-13-12(5-6-18-14)16-7-8-17-13/h2-8H,1H3,(H,18,19). The Kier molecular flexibility index (Phi) is 3.13. The first-order valence-corrected chi connectivity index (χ1v) is 6.63. The summed E-state index contributed by atoms with van der Waals surface area (Å²) in [7, 11) is 0. The summed E-state index contributed by atoms with van der Waals surface area (Å²) in [6.45, 7) is 2.04. The first-order valence-electron chi connectivity index (χ1n) is 5.83. The van der Waals surface area contributed by atoms with Gasteiger partial charge in [0.1, 0.15) is 5.52 Å². The molecule has 0 atom stereocenters. The number of halogens is 1. The highest BCUT2D eigenvalue weighted by molar-refractivity contribution is 9.10. The summed E-state index contributed by atoms with van der Waals surface area (Å²) in [5.41, 5.74) is 3.72. The zero-order chi connectivity index (χ0) is 13.2. The number of anilines is 2. The van der Waals surface area contributed by atoms with Gasteiger partial charge in [-0.05, 0) is 30.7 Å². The predicted molar refractivity (Wildman–Crippen MR) is 79.5 cm³/mol. The summed E-state index contributed by atoms with van der Waals surface area (Å²) in [4.78, 5) is 12.9. The second-order valence-corrected chi connectivity index (χ2v) is 4.98. The van der Waals surface area contributed by atoms with Gasteiger partial charge in [0.05, 0.1) is 5.52 Å². The molecule has 1 N–H and O–H groups in total. The summed E-state index contributed by atoms with van der Waals surface area (Å²) in [6.07, 6.45) is 5.08. The first-order chi connectivity index (χ1) is 9.25. The number of benzene rings is 1. The lowest BCUT2D eigenvalue weighted by Crippen LogP contribution is -1.98. The molecule has 2 aromatic heterocycles. The summed E-state index contributed by atoms with van der Waals surface area (Å²) in [5.74, 6) is 0.715. The molecule has 0 aliphatic carbocycles. The molecule has 94 valence electrons. The average Bonchev–Trinajstić information content (AvgIpc) is 2.44. The fourth-order valence-electron chi connectivity index (χ4n) is 1.86. The quantitative estimate of drug-likeness (QED) is 0.780. The lowest BCUT2D eigenvalue weighted by atomic mass is 10.2. The normalized spacial score (nSPS) is 10.6. The molecule has 4 nitrogen and oxygen atoms in total. The lowest BCUT2D eigenvalue weighted by Gasteiger charge is -2.11. The van der Waals surface area contributed by atoms with E-state index in [9.17, 15) is 0 Å². The van der Waals surface area contributed by atoms with Crippen LogP contribution in [0.4, 0.5) is 11.5 Å². The summed E-state index contributed by atoms with van der Waals surface area (Å²) in [6, 6.07) is 7.85. The third kappa shape index (κ3) is 2.29. The highest BCUT2D eigenvalue weighted by Crippen LogP contribution is 2.27. The Morgan fingerprint density at radius 2 is 1.84 bits per heavy atom. The van der Waals surface area contributed by atoms with Gasteiger partial charge in [-0.3, -0.25) is 4.98 Å². The van der Waals surface area contributed by atoms with Crippen molar-refractivity contribution in [1.29, 1.82) is 0 Å². The SMILES string of the molecule is Cc1c(Br)cccc1Nc1nccc2nccnc12. The van der Waals surface area contributed by atoms with E-state index in [1.54, 1.807) is 18.6 Å². The lowest BCUT2D eigenvalue weighted by molar-refractivity contribution is 1.24. The Morgan fingerprint density at radius 1 is 1.00 bits per heavy atom. The fraction of sp³-hybridized carbons (Fsp3) is 0.0714. The minimum absolute atomic E-state index is 0.715. The van der Waals surface area contributed by atoms with Gasteiger partial charge in [-0.15, -0.1) is 0 Å². The first kappa shape index (κ1) is 12.0. The molecule has 0 unspecified atom stereocenters. The van der Waals surface area contributed by atoms with E-state index in [-0.39, 0.29) is 0 Å². The number of nitrogens with one attached hydrogen (secondary N) is 1. The van der Waals surface area contributed by atoms with Crippen molar-refractivity contribution in [2.24, 2.45) is 0 Å². The van der Waals surface area contributed by atoms with Crippen molar-refractivity contribution in [2.45, 2.75) is 6.92 Å². The Morgan fingerprint density at radius 3 is 2.74 bits per heavy atom. The van der Waals surface area contributed by atoms with Crippen LogP contribution in [0.3, 0.4) is 0 Å². The van der Waals surface area contributed by atoms with Crippen LogP contribution < -0.4 is 5.32 Å². The van der Waals surface area contributed by atoms with Crippen molar-refractivity contribution < 1.29 is 0 Å². The van der Waals surface area contributed by atoms with Gasteiger partial charge in [-0.2, -0.15) is 0 Å². The van der Waals surface area contributed by atoms with Gasteiger partial charge >= 0.3 is 0 Å². The maximum Gasteiger partial charge on any atom is 0.158 e. The maximum atomic E-state index is 4.34. The number of aromatic nitrogens is 3. The molecule has 0 aliphatic rings. The van der Waals surface area contributed by atoms with Gasteiger partial charge < -0.3 is 5.32 Å². The molecule has 0 aliphatic heterocycles. The molecule has 0 bridgehead atoms. The van der Waals surface area contributed by atoms with Crippen LogP contribution in [-0.4, -0.2) is 15.0 Å². The fourth-order valence-corrected chi connectivity index (χ4v) is 2.22. The third-order valence-corrected chi connectivity index (χ3v) is 3.77. The molecule has 0 amide bonds. The molecule has 3 aromatic rings. The van der Waals surface area contributed by atoms with Gasteiger partial charge in [-0.25, -0.2) is 9.97 Å². The monoisotopic (exact) mass is 314 g/mol. The van der Waals surface area contributed by atoms with Crippen LogP contribution in [0.2, 0.25) is 0 Å². The largest absolute Gasteiger partial charge is 0.338 e. The van der Waals surface area contributed by atoms with E-state index in [1.165, 1.54) is 0 Å². The van der Waals surface area contributed by atoms with Crippen molar-refractivity contribution in [3.05, 3.63) is 52.9 Å². The minimum Gasteiger partial charge on any atom is -0.338 e. The van der Waals surface area contributed by atoms with Crippen LogP contribution in [0.15, 0.2) is 47.3 Å². The Balaban J connectivity index is 2.09. The van der Waals surface area contributed by atoms with Crippen LogP contribution in [0.25, 0.3) is 11.0 Å². The van der Waals surface area contributed by atoms with Crippen LogP contribution in [0.1, 0.15) is 5.56 Å². The molecule has 5 heteroatoms. The summed E-state index contributed by atoms with van der Waals surface area (Å²) in [5, 5.41) is 3.31. The number of hydrogen-bond acceptors (Lipinski definition) is 4. The van der Waals surface area contributed by atoms with E-state index in [2.05, 4.69) is 36.2 Å². The Bertz CT molecular complexity index is 737. The topological polar surface area (TPSA) is 50.7 Å². The zero-order valence-corrected chi connectivity index (χ0v) is 11.8. The van der Waals surface area contributed by atoms with Crippen LogP contribution >= 0.6 is 15.9 Å². The molecule has 0 spiro atoms. The summed E-state index contributed by atoms with van der Waals surface area (Å²) < 4.78 is 1.06. The molecular weight excluding hydrogens is 304 g/mol. The molecule has 1 aromatic carbocycles. The van der Waals surface area contributed by atoms with E-state index < -0.39 is 0 Å². The molecule has 2 heterocycles. The minimum atomic E-state index is 0.715. The number of nitrogens with zero attached hydrogens (tertiary/aromatic N) is 3. The van der Waals surface area contributed by atoms with Crippen molar-refractivity contribution in [3.8, 4) is 0 Å². The second-order valence-electron chi connectivity index (χ2n) is 4.12. The van der Waals surface area contributed by atoms with E-state index in [0.29, 0.717) is 5.82 Å². The van der Waals surface area contributed by atoms with Crippen molar-refractivity contribution in [2.75, 3.05) is 5.32 Å². The maximum absolute atomic E-state index is 4.34. The second kappa shape index (κ2) is 4.93. The van der Waals surface area contributed by atoms with Gasteiger partial charge in [0, 0.05) is 28.8 Å².